The molecular weight excluding hydrogens is 448 g/mol. The van der Waals surface area contributed by atoms with Crippen LogP contribution in [0.3, 0.4) is 0 Å². The lowest BCUT2D eigenvalue weighted by molar-refractivity contribution is -0.679. The Bertz CT molecular complexity index is 916. The maximum absolute atomic E-state index is 13.0. The summed E-state index contributed by atoms with van der Waals surface area (Å²) in [6, 6.07) is 10.6. The Morgan fingerprint density at radius 1 is 0.941 bits per heavy atom. The van der Waals surface area contributed by atoms with Crippen LogP contribution in [0.4, 0.5) is 0 Å². The molecule has 2 amide bonds. The molecule has 0 aliphatic carbocycles. The van der Waals surface area contributed by atoms with E-state index in [0.717, 1.165) is 18.5 Å². The summed E-state index contributed by atoms with van der Waals surface area (Å²) in [6.07, 6.45) is 14.6. The number of hydrogen-bond donors (Lipinski definition) is 0. The molecular formula is C28H40ClN2O3+. The van der Waals surface area contributed by atoms with Gasteiger partial charge < -0.3 is 4.74 Å². The lowest BCUT2D eigenvalue weighted by Crippen LogP contribution is -2.41. The number of aryl methyl sites for hydroxylation is 1. The van der Waals surface area contributed by atoms with Crippen LogP contribution in [0.5, 0.6) is 5.75 Å². The lowest BCUT2D eigenvalue weighted by atomic mass is 10.1. The van der Waals surface area contributed by atoms with E-state index in [-0.39, 0.29) is 18.4 Å². The zero-order valence-electron chi connectivity index (χ0n) is 21.0. The van der Waals surface area contributed by atoms with E-state index in [4.69, 9.17) is 16.3 Å². The Morgan fingerprint density at radius 3 is 2.18 bits per heavy atom. The second-order valence-electron chi connectivity index (χ2n) is 8.89. The summed E-state index contributed by atoms with van der Waals surface area (Å²) in [6.45, 7) is 4.44. The zero-order chi connectivity index (χ0) is 24.8. The number of rotatable bonds is 15. The van der Waals surface area contributed by atoms with Gasteiger partial charge in [0.2, 0.25) is 11.6 Å². The molecule has 1 heterocycles. The molecule has 6 heteroatoms. The van der Waals surface area contributed by atoms with Gasteiger partial charge in [-0.3, -0.25) is 14.5 Å². The lowest BCUT2D eigenvalue weighted by Gasteiger charge is -2.18. The number of ether oxygens (including phenoxy) is 1. The van der Waals surface area contributed by atoms with Crippen LogP contribution in [-0.2, 0) is 18.4 Å². The SMILES string of the molecule is CCCCCCCCCCCCOc1ccc(C(=O)N(Cc2cccc[n+]2C)C(C)=O)cc1Cl. The van der Waals surface area contributed by atoms with Gasteiger partial charge in [-0.2, -0.15) is 0 Å². The van der Waals surface area contributed by atoms with Crippen molar-refractivity contribution >= 4 is 23.4 Å². The van der Waals surface area contributed by atoms with Gasteiger partial charge in [-0.05, 0) is 24.6 Å². The molecule has 0 unspecified atom stereocenters. The van der Waals surface area contributed by atoms with Crippen LogP contribution in [-0.4, -0.2) is 23.3 Å². The van der Waals surface area contributed by atoms with Crippen molar-refractivity contribution in [3.05, 3.63) is 58.9 Å². The molecule has 0 bridgehead atoms. The minimum Gasteiger partial charge on any atom is -0.492 e. The van der Waals surface area contributed by atoms with E-state index in [1.54, 1.807) is 18.2 Å². The quantitative estimate of drug-likeness (QED) is 0.208. The van der Waals surface area contributed by atoms with Gasteiger partial charge in [0.1, 0.15) is 19.3 Å². The van der Waals surface area contributed by atoms with E-state index in [9.17, 15) is 9.59 Å². The molecule has 0 N–H and O–H groups in total. The third-order valence-corrected chi connectivity index (χ3v) is 6.34. The monoisotopic (exact) mass is 487 g/mol. The molecule has 0 spiro atoms. The van der Waals surface area contributed by atoms with Crippen molar-refractivity contribution in [2.75, 3.05) is 6.61 Å². The molecule has 2 aromatic rings. The molecule has 0 radical (unpaired) electrons. The number of nitrogens with zero attached hydrogens (tertiary/aromatic N) is 2. The van der Waals surface area contributed by atoms with Crippen LogP contribution in [0.15, 0.2) is 42.6 Å². The summed E-state index contributed by atoms with van der Waals surface area (Å²) >= 11 is 6.39. The molecule has 0 fully saturated rings. The molecule has 1 aromatic heterocycles. The predicted octanol–water partition coefficient (Wildman–Crippen LogP) is 6.65. The summed E-state index contributed by atoms with van der Waals surface area (Å²) in [4.78, 5) is 26.4. The molecule has 186 valence electrons. The smallest absolute Gasteiger partial charge is 0.261 e. The van der Waals surface area contributed by atoms with Gasteiger partial charge in [0.15, 0.2) is 6.20 Å². The number of carbonyl (C=O) groups excluding carboxylic acids is 2. The Balaban J connectivity index is 1.79. The predicted molar refractivity (Wildman–Crippen MR) is 137 cm³/mol. The highest BCUT2D eigenvalue weighted by Gasteiger charge is 2.24. The summed E-state index contributed by atoms with van der Waals surface area (Å²) in [7, 11) is 1.88. The van der Waals surface area contributed by atoms with Crippen molar-refractivity contribution in [2.24, 2.45) is 7.05 Å². The summed E-state index contributed by atoms with van der Waals surface area (Å²) in [5, 5.41) is 0.381. The van der Waals surface area contributed by atoms with Crippen LogP contribution in [0.2, 0.25) is 5.02 Å². The fraction of sp³-hybridized carbons (Fsp3) is 0.536. The van der Waals surface area contributed by atoms with Gasteiger partial charge in [-0.1, -0.05) is 82.4 Å². The zero-order valence-corrected chi connectivity index (χ0v) is 21.8. The standard InChI is InChI=1S/C28H40ClN2O3/c1-4-5-6-7-8-9-10-11-12-15-20-34-27-18-17-24(21-26(27)29)28(33)31(23(2)32)22-25-16-13-14-19-30(25)3/h13-14,16-19,21H,4-12,15,20,22H2,1-3H3/q+1. The average molecular weight is 488 g/mol. The molecule has 1 aromatic carbocycles. The second kappa shape index (κ2) is 15.5. The highest BCUT2D eigenvalue weighted by Crippen LogP contribution is 2.26. The van der Waals surface area contributed by atoms with Crippen molar-refractivity contribution in [2.45, 2.75) is 84.6 Å². The molecule has 0 atom stereocenters. The topological polar surface area (TPSA) is 50.5 Å². The Morgan fingerprint density at radius 2 is 1.59 bits per heavy atom. The molecule has 0 aliphatic rings. The minimum atomic E-state index is -0.375. The first kappa shape index (κ1) is 27.8. The first-order valence-corrected chi connectivity index (χ1v) is 13.0. The first-order chi connectivity index (χ1) is 16.4. The number of halogens is 1. The van der Waals surface area contributed by atoms with E-state index in [1.165, 1.54) is 63.2 Å². The number of pyridine rings is 1. The molecule has 2 rings (SSSR count). The fourth-order valence-corrected chi connectivity index (χ4v) is 4.12. The van der Waals surface area contributed by atoms with E-state index in [0.29, 0.717) is 22.9 Å². The number of imide groups is 1. The van der Waals surface area contributed by atoms with Gasteiger partial charge >= 0.3 is 0 Å². The first-order valence-electron chi connectivity index (χ1n) is 12.6. The van der Waals surface area contributed by atoms with Crippen LogP contribution in [0.25, 0.3) is 0 Å². The van der Waals surface area contributed by atoms with Gasteiger partial charge in [-0.15, -0.1) is 0 Å². The van der Waals surface area contributed by atoms with Crippen LogP contribution >= 0.6 is 11.6 Å². The van der Waals surface area contributed by atoms with E-state index >= 15 is 0 Å². The van der Waals surface area contributed by atoms with Crippen molar-refractivity contribution in [3.8, 4) is 5.75 Å². The number of hydrogen-bond acceptors (Lipinski definition) is 3. The second-order valence-corrected chi connectivity index (χ2v) is 9.30. The van der Waals surface area contributed by atoms with Crippen LogP contribution in [0, 0.1) is 0 Å². The maximum atomic E-state index is 13.0. The Hall–Kier alpha value is -2.40. The van der Waals surface area contributed by atoms with Crippen molar-refractivity contribution in [3.63, 3.8) is 0 Å². The molecule has 0 aliphatic heterocycles. The van der Waals surface area contributed by atoms with Gasteiger partial charge in [0.05, 0.1) is 11.6 Å². The fourth-order valence-electron chi connectivity index (χ4n) is 3.89. The van der Waals surface area contributed by atoms with E-state index < -0.39 is 0 Å². The van der Waals surface area contributed by atoms with E-state index in [1.807, 2.05) is 36.0 Å². The summed E-state index contributed by atoms with van der Waals surface area (Å²) in [5.74, 6) is -0.122. The number of aromatic nitrogens is 1. The largest absolute Gasteiger partial charge is 0.492 e. The molecule has 0 saturated carbocycles. The number of amides is 2. The average Bonchev–Trinajstić information content (AvgIpc) is 2.82. The van der Waals surface area contributed by atoms with Gasteiger partial charge in [0.25, 0.3) is 5.91 Å². The molecule has 0 saturated heterocycles. The Labute approximate surface area is 210 Å². The number of benzene rings is 1. The minimum absolute atomic E-state index is 0.195. The van der Waals surface area contributed by atoms with Crippen molar-refractivity contribution < 1.29 is 18.9 Å². The maximum Gasteiger partial charge on any atom is 0.261 e. The molecule has 5 nitrogen and oxygen atoms in total. The van der Waals surface area contributed by atoms with Crippen LogP contribution in [0.1, 0.15) is 94.1 Å². The van der Waals surface area contributed by atoms with Gasteiger partial charge in [-0.25, -0.2) is 4.57 Å². The number of carbonyl (C=O) groups is 2. The third-order valence-electron chi connectivity index (χ3n) is 6.04. The summed E-state index contributed by atoms with van der Waals surface area (Å²) < 4.78 is 7.73. The molecule has 34 heavy (non-hydrogen) atoms. The number of unbranched alkanes of at least 4 members (excludes halogenated alkanes) is 9. The Kier molecular flexibility index (Phi) is 12.7. The highest BCUT2D eigenvalue weighted by molar-refractivity contribution is 6.32. The van der Waals surface area contributed by atoms with E-state index in [2.05, 4.69) is 6.92 Å². The van der Waals surface area contributed by atoms with Crippen LogP contribution < -0.4 is 9.30 Å². The van der Waals surface area contributed by atoms with Crippen molar-refractivity contribution in [1.29, 1.82) is 0 Å². The normalized spacial score (nSPS) is 10.8. The van der Waals surface area contributed by atoms with Gasteiger partial charge in [0, 0.05) is 24.6 Å². The van der Waals surface area contributed by atoms with Crippen molar-refractivity contribution in [1.82, 2.24) is 4.90 Å². The third kappa shape index (κ3) is 9.46. The summed E-state index contributed by atoms with van der Waals surface area (Å²) in [5.41, 5.74) is 1.22. The highest BCUT2D eigenvalue weighted by atomic mass is 35.5.